The molecule has 0 aliphatic carbocycles. The zero-order chi connectivity index (χ0) is 10.4. The fraction of sp³-hybridized carbons (Fsp3) is 0.556. The lowest BCUT2D eigenvalue weighted by atomic mass is 10.4. The number of rotatable bonds is 6. The summed E-state index contributed by atoms with van der Waals surface area (Å²) < 4.78 is 3.87. The van der Waals surface area contributed by atoms with Crippen molar-refractivity contribution in [3.63, 3.8) is 0 Å². The molecule has 0 unspecified atom stereocenters. The smallest absolute Gasteiger partial charge is 0.307 e. The second-order valence-corrected chi connectivity index (χ2v) is 3.18. The highest BCUT2D eigenvalue weighted by Gasteiger charge is 2.04. The summed E-state index contributed by atoms with van der Waals surface area (Å²) in [6, 6.07) is 0. The molecule has 0 atom stereocenters. The van der Waals surface area contributed by atoms with Gasteiger partial charge in [0.1, 0.15) is 18.9 Å². The van der Waals surface area contributed by atoms with E-state index in [1.54, 1.807) is 0 Å². The summed E-state index contributed by atoms with van der Waals surface area (Å²) in [5, 5.41) is 8.49. The Labute approximate surface area is 99.3 Å². The molecule has 0 aliphatic rings. The molecule has 0 aromatic carbocycles. The van der Waals surface area contributed by atoms with Crippen LogP contribution in [0.25, 0.3) is 0 Å². The number of hydrogen-bond donors (Lipinski definition) is 2. The van der Waals surface area contributed by atoms with Gasteiger partial charge in [0.05, 0.1) is 13.0 Å². The third kappa shape index (κ3) is 5.54. The van der Waals surface area contributed by atoms with Crippen molar-refractivity contribution >= 4 is 5.97 Å². The van der Waals surface area contributed by atoms with Gasteiger partial charge in [0, 0.05) is 0 Å². The van der Waals surface area contributed by atoms with Crippen molar-refractivity contribution < 1.29 is 31.4 Å². The first-order valence-corrected chi connectivity index (χ1v) is 4.69. The van der Waals surface area contributed by atoms with Gasteiger partial charge in [-0.05, 0) is 13.0 Å². The maximum atomic E-state index is 10.3. The lowest BCUT2D eigenvalue weighted by Crippen LogP contribution is -3.00. The molecule has 86 valence electrons. The Morgan fingerprint density at radius 1 is 1.53 bits per heavy atom. The minimum absolute atomic E-state index is 0. The number of nitrogens with two attached hydrogens (primary N) is 1. The van der Waals surface area contributed by atoms with Crippen LogP contribution in [0.5, 0.6) is 0 Å². The number of imidazole rings is 1. The van der Waals surface area contributed by atoms with E-state index >= 15 is 0 Å². The Balaban J connectivity index is 0.00000196. The quantitative estimate of drug-likeness (QED) is 0.533. The van der Waals surface area contributed by atoms with E-state index in [0.717, 1.165) is 13.0 Å². The summed E-state index contributed by atoms with van der Waals surface area (Å²) in [6.07, 6.45) is 6.80. The molecule has 0 fully saturated rings. The van der Waals surface area contributed by atoms with Crippen LogP contribution in [0.1, 0.15) is 12.8 Å². The van der Waals surface area contributed by atoms with Crippen molar-refractivity contribution in [3.05, 3.63) is 18.7 Å². The molecule has 0 spiro atoms. The Kier molecular flexibility index (Phi) is 6.98. The predicted molar refractivity (Wildman–Crippen MR) is 50.6 cm³/mol. The van der Waals surface area contributed by atoms with E-state index < -0.39 is 5.97 Å². The van der Waals surface area contributed by atoms with E-state index in [1.807, 2.05) is 27.9 Å². The number of aryl methyl sites for hydroxylation is 2. The monoisotopic (exact) mass is 277 g/mol. The van der Waals surface area contributed by atoms with Crippen LogP contribution in [0.4, 0.5) is 0 Å². The minimum Gasteiger partial charge on any atom is -1.00 e. The summed E-state index contributed by atoms with van der Waals surface area (Å²) in [5.41, 5.74) is 5.38. The fourth-order valence-corrected chi connectivity index (χ4v) is 1.20. The number of carbonyl (C=O) groups is 1. The third-order valence-electron chi connectivity index (χ3n) is 1.95. The van der Waals surface area contributed by atoms with Crippen LogP contribution in [0.2, 0.25) is 0 Å². The average molecular weight is 278 g/mol. The summed E-state index contributed by atoms with van der Waals surface area (Å²) in [7, 11) is 0. The first-order valence-electron chi connectivity index (χ1n) is 4.69. The number of aromatic nitrogens is 2. The average Bonchev–Trinajstić information content (AvgIpc) is 2.59. The molecule has 0 radical (unpaired) electrons. The van der Waals surface area contributed by atoms with Crippen molar-refractivity contribution in [1.29, 1.82) is 0 Å². The molecule has 0 aliphatic heterocycles. The molecule has 6 heteroatoms. The molecule has 1 aromatic heterocycles. The van der Waals surface area contributed by atoms with Gasteiger partial charge >= 0.3 is 5.97 Å². The molecule has 1 aromatic rings. The van der Waals surface area contributed by atoms with E-state index in [0.29, 0.717) is 13.1 Å². The van der Waals surface area contributed by atoms with Gasteiger partial charge < -0.3 is 27.8 Å². The molecule has 0 saturated heterocycles. The molecule has 15 heavy (non-hydrogen) atoms. The van der Waals surface area contributed by atoms with E-state index in [-0.39, 0.29) is 23.4 Å². The number of hydrogen-bond acceptors (Lipinski definition) is 2. The van der Waals surface area contributed by atoms with Gasteiger partial charge in [-0.2, -0.15) is 0 Å². The van der Waals surface area contributed by atoms with Crippen LogP contribution in [-0.2, 0) is 17.9 Å². The van der Waals surface area contributed by atoms with Crippen LogP contribution in [0.15, 0.2) is 18.7 Å². The van der Waals surface area contributed by atoms with Gasteiger partial charge in [-0.15, -0.1) is 0 Å². The van der Waals surface area contributed by atoms with Crippen LogP contribution >= 0.6 is 0 Å². The molecule has 1 heterocycles. The summed E-state index contributed by atoms with van der Waals surface area (Å²) in [5.74, 6) is -0.771. The number of carboxylic acids is 1. The Morgan fingerprint density at radius 2 is 2.27 bits per heavy atom. The van der Waals surface area contributed by atoms with Gasteiger partial charge in [0.15, 0.2) is 0 Å². The van der Waals surface area contributed by atoms with Crippen molar-refractivity contribution in [2.24, 2.45) is 5.73 Å². The van der Waals surface area contributed by atoms with Gasteiger partial charge in [-0.25, -0.2) is 9.13 Å². The maximum Gasteiger partial charge on any atom is 0.307 e. The molecule has 0 saturated carbocycles. The second kappa shape index (κ2) is 7.42. The normalized spacial score (nSPS) is 9.67. The zero-order valence-electron chi connectivity index (χ0n) is 8.47. The number of nitrogens with zero attached hydrogens (tertiary/aromatic N) is 2. The molecule has 5 nitrogen and oxygen atoms in total. The largest absolute Gasteiger partial charge is 1.00 e. The molecule has 0 amide bonds. The lowest BCUT2D eigenvalue weighted by Gasteiger charge is -1.93. The van der Waals surface area contributed by atoms with Gasteiger partial charge in [-0.3, -0.25) is 4.79 Å². The summed E-state index contributed by atoms with van der Waals surface area (Å²) >= 11 is 0. The van der Waals surface area contributed by atoms with Gasteiger partial charge in [0.2, 0.25) is 6.33 Å². The molecule has 3 N–H and O–H groups in total. The van der Waals surface area contributed by atoms with E-state index in [9.17, 15) is 4.79 Å². The number of aliphatic carboxylic acids is 1. The van der Waals surface area contributed by atoms with Crippen LogP contribution in [-0.4, -0.2) is 22.2 Å². The SMILES string of the molecule is NCCC[n+]1ccn(CCC(=O)O)c1.[Br-]. The Bertz CT molecular complexity index is 301. The lowest BCUT2D eigenvalue weighted by molar-refractivity contribution is -0.696. The Morgan fingerprint density at radius 3 is 2.87 bits per heavy atom. The zero-order valence-corrected chi connectivity index (χ0v) is 10.1. The van der Waals surface area contributed by atoms with Gasteiger partial charge in [0.25, 0.3) is 0 Å². The van der Waals surface area contributed by atoms with Crippen molar-refractivity contribution in [3.8, 4) is 0 Å². The van der Waals surface area contributed by atoms with Crippen LogP contribution in [0.3, 0.4) is 0 Å². The van der Waals surface area contributed by atoms with Crippen LogP contribution < -0.4 is 27.3 Å². The van der Waals surface area contributed by atoms with Crippen LogP contribution in [0, 0.1) is 0 Å². The van der Waals surface area contributed by atoms with Crippen molar-refractivity contribution in [2.45, 2.75) is 25.9 Å². The van der Waals surface area contributed by atoms with Gasteiger partial charge in [-0.1, -0.05) is 0 Å². The topological polar surface area (TPSA) is 72.1 Å². The highest BCUT2D eigenvalue weighted by atomic mass is 79.9. The Hall–Kier alpha value is -0.880. The highest BCUT2D eigenvalue weighted by Crippen LogP contribution is 1.89. The van der Waals surface area contributed by atoms with E-state index in [2.05, 4.69) is 0 Å². The van der Waals surface area contributed by atoms with Crippen molar-refractivity contribution in [1.82, 2.24) is 4.57 Å². The molecular formula is C9H16BrN3O2. The first-order chi connectivity index (χ1) is 6.72. The van der Waals surface area contributed by atoms with E-state index in [1.165, 1.54) is 0 Å². The van der Waals surface area contributed by atoms with Crippen molar-refractivity contribution in [2.75, 3.05) is 6.54 Å². The summed E-state index contributed by atoms with van der Waals surface area (Å²) in [6.45, 7) is 2.08. The number of halogens is 1. The first kappa shape index (κ1) is 14.1. The third-order valence-corrected chi connectivity index (χ3v) is 1.95. The molecular weight excluding hydrogens is 262 g/mol. The second-order valence-electron chi connectivity index (χ2n) is 3.18. The molecule has 1 rings (SSSR count). The minimum atomic E-state index is -0.771. The fourth-order valence-electron chi connectivity index (χ4n) is 1.20. The molecule has 0 bridgehead atoms. The number of carboxylic acid groups (broad SMARTS) is 1. The predicted octanol–water partition coefficient (Wildman–Crippen LogP) is -3.40. The van der Waals surface area contributed by atoms with E-state index in [4.69, 9.17) is 10.8 Å². The maximum absolute atomic E-state index is 10.3. The highest BCUT2D eigenvalue weighted by molar-refractivity contribution is 5.66. The summed E-state index contributed by atoms with van der Waals surface area (Å²) in [4.78, 5) is 10.3. The standard InChI is InChI=1S/C9H15N3O2.BrH/c10-3-1-4-11-6-7-12(8-11)5-2-9(13)14;/h6-8H,1-5,10H2;1H.